The molecular formula is C6H12ClN. The van der Waals surface area contributed by atoms with Crippen molar-refractivity contribution in [3.63, 3.8) is 0 Å². The Kier molecular flexibility index (Phi) is 2.48. The molecule has 0 amide bonds. The monoisotopic (exact) mass is 133 g/mol. The highest BCUT2D eigenvalue weighted by Gasteiger charge is 2.14. The molecule has 1 nitrogen and oxygen atoms in total. The molecule has 0 bridgehead atoms. The number of nitrogens with zero attached hydrogens (tertiary/aromatic N) is 1. The van der Waals surface area contributed by atoms with Crippen LogP contribution in [0.25, 0.3) is 0 Å². The van der Waals surface area contributed by atoms with E-state index in [1.165, 1.54) is 0 Å². The Morgan fingerprint density at radius 2 is 1.75 bits per heavy atom. The number of rotatable bonds is 0. The van der Waals surface area contributed by atoms with Crippen LogP contribution in [0.4, 0.5) is 0 Å². The van der Waals surface area contributed by atoms with Crippen molar-refractivity contribution < 1.29 is 0 Å². The largest absolute Gasteiger partial charge is 0.280 e. The van der Waals surface area contributed by atoms with Gasteiger partial charge in [0.25, 0.3) is 0 Å². The van der Waals surface area contributed by atoms with E-state index in [0.29, 0.717) is 5.17 Å². The zero-order valence-corrected chi connectivity index (χ0v) is 6.58. The molecule has 0 N–H and O–H groups in total. The van der Waals surface area contributed by atoms with Gasteiger partial charge in [0.2, 0.25) is 0 Å². The van der Waals surface area contributed by atoms with Crippen LogP contribution in [0.15, 0.2) is 4.99 Å². The number of hydrogen-bond donors (Lipinski definition) is 0. The predicted octanol–water partition coefficient (Wildman–Crippen LogP) is 2.30. The first kappa shape index (κ1) is 7.96. The lowest BCUT2D eigenvalue weighted by atomic mass is 9.99. The van der Waals surface area contributed by atoms with Crippen LogP contribution in [0.5, 0.6) is 0 Å². The normalized spacial score (nSPS) is 14.4. The van der Waals surface area contributed by atoms with E-state index in [1.807, 2.05) is 20.8 Å². The van der Waals surface area contributed by atoms with Gasteiger partial charge in [-0.15, -0.1) is 0 Å². The molecule has 0 saturated carbocycles. The maximum absolute atomic E-state index is 5.69. The Bertz CT molecular complexity index is 99.6. The fourth-order valence-corrected chi connectivity index (χ4v) is 0.335. The Hall–Kier alpha value is -0.0400. The van der Waals surface area contributed by atoms with Gasteiger partial charge in [-0.1, -0.05) is 32.4 Å². The molecule has 0 aromatic rings. The first-order valence-electron chi connectivity index (χ1n) is 2.61. The van der Waals surface area contributed by atoms with E-state index >= 15 is 0 Å². The minimum atomic E-state index is 0.0241. The molecule has 0 rings (SSSR count). The van der Waals surface area contributed by atoms with Crippen LogP contribution in [0.3, 0.4) is 0 Å². The quantitative estimate of drug-likeness (QED) is 0.450. The average molecular weight is 134 g/mol. The van der Waals surface area contributed by atoms with Gasteiger partial charge in [0.15, 0.2) is 0 Å². The summed E-state index contributed by atoms with van der Waals surface area (Å²) < 4.78 is 0. The molecule has 0 aliphatic heterocycles. The minimum Gasteiger partial charge on any atom is -0.280 e. The standard InChI is InChI=1S/C6H12ClN/c1-6(2,3)5(7)8-4/h1-4H3. The van der Waals surface area contributed by atoms with E-state index < -0.39 is 0 Å². The summed E-state index contributed by atoms with van der Waals surface area (Å²) in [5.41, 5.74) is 0.0241. The molecule has 0 spiro atoms. The lowest BCUT2D eigenvalue weighted by Gasteiger charge is -2.14. The molecule has 0 aliphatic carbocycles. The SMILES string of the molecule is CN=C(Cl)C(C)(C)C. The molecule has 0 saturated heterocycles. The van der Waals surface area contributed by atoms with Crippen LogP contribution < -0.4 is 0 Å². The molecule has 0 aromatic heterocycles. The van der Waals surface area contributed by atoms with Gasteiger partial charge < -0.3 is 0 Å². The fourth-order valence-electron chi connectivity index (χ4n) is 0.335. The van der Waals surface area contributed by atoms with Crippen LogP contribution in [-0.4, -0.2) is 12.2 Å². The van der Waals surface area contributed by atoms with Crippen molar-refractivity contribution in [3.05, 3.63) is 0 Å². The third kappa shape index (κ3) is 2.31. The molecule has 0 fully saturated rings. The third-order valence-corrected chi connectivity index (χ3v) is 1.55. The minimum absolute atomic E-state index is 0.0241. The summed E-state index contributed by atoms with van der Waals surface area (Å²) >= 11 is 5.69. The van der Waals surface area contributed by atoms with Gasteiger partial charge in [-0.2, -0.15) is 0 Å². The van der Waals surface area contributed by atoms with Gasteiger partial charge in [-0.25, -0.2) is 0 Å². The topological polar surface area (TPSA) is 12.4 Å². The first-order valence-corrected chi connectivity index (χ1v) is 2.99. The zero-order valence-electron chi connectivity index (χ0n) is 5.83. The van der Waals surface area contributed by atoms with E-state index in [4.69, 9.17) is 11.6 Å². The van der Waals surface area contributed by atoms with E-state index in [-0.39, 0.29) is 5.41 Å². The maximum atomic E-state index is 5.69. The van der Waals surface area contributed by atoms with Crippen molar-refractivity contribution in [3.8, 4) is 0 Å². The van der Waals surface area contributed by atoms with Crippen LogP contribution in [-0.2, 0) is 0 Å². The highest BCUT2D eigenvalue weighted by Crippen LogP contribution is 2.17. The molecule has 8 heavy (non-hydrogen) atoms. The summed E-state index contributed by atoms with van der Waals surface area (Å²) in [6.07, 6.45) is 0. The lowest BCUT2D eigenvalue weighted by molar-refractivity contribution is 0.600. The Labute approximate surface area is 55.8 Å². The van der Waals surface area contributed by atoms with E-state index in [1.54, 1.807) is 7.05 Å². The summed E-state index contributed by atoms with van der Waals surface area (Å²) in [4.78, 5) is 3.84. The molecule has 0 radical (unpaired) electrons. The summed E-state index contributed by atoms with van der Waals surface area (Å²) in [5.74, 6) is 0. The lowest BCUT2D eigenvalue weighted by Crippen LogP contribution is -2.13. The summed E-state index contributed by atoms with van der Waals surface area (Å²) in [5, 5.41) is 0.678. The van der Waals surface area contributed by atoms with Crippen molar-refractivity contribution in [2.45, 2.75) is 20.8 Å². The van der Waals surface area contributed by atoms with Crippen molar-refractivity contribution >= 4 is 16.8 Å². The Morgan fingerprint density at radius 1 is 1.38 bits per heavy atom. The van der Waals surface area contributed by atoms with E-state index in [2.05, 4.69) is 4.99 Å². The molecule has 0 aliphatic rings. The van der Waals surface area contributed by atoms with Gasteiger partial charge >= 0.3 is 0 Å². The van der Waals surface area contributed by atoms with Crippen LogP contribution in [0.2, 0.25) is 0 Å². The molecule has 0 atom stereocenters. The van der Waals surface area contributed by atoms with E-state index in [0.717, 1.165) is 0 Å². The molecule has 0 heterocycles. The van der Waals surface area contributed by atoms with Crippen molar-refractivity contribution in [1.82, 2.24) is 0 Å². The number of halogens is 1. The zero-order chi connectivity index (χ0) is 6.78. The van der Waals surface area contributed by atoms with Crippen molar-refractivity contribution in [2.24, 2.45) is 10.4 Å². The van der Waals surface area contributed by atoms with E-state index in [9.17, 15) is 0 Å². The highest BCUT2D eigenvalue weighted by atomic mass is 35.5. The van der Waals surface area contributed by atoms with Crippen LogP contribution >= 0.6 is 11.6 Å². The van der Waals surface area contributed by atoms with Gasteiger partial charge in [0.05, 0.1) is 0 Å². The van der Waals surface area contributed by atoms with Gasteiger partial charge in [0, 0.05) is 12.5 Å². The summed E-state index contributed by atoms with van der Waals surface area (Å²) in [7, 11) is 1.70. The molecule has 0 unspecified atom stereocenters. The Morgan fingerprint density at radius 3 is 1.75 bits per heavy atom. The van der Waals surface area contributed by atoms with Crippen LogP contribution in [0.1, 0.15) is 20.8 Å². The van der Waals surface area contributed by atoms with Gasteiger partial charge in [0.1, 0.15) is 5.17 Å². The summed E-state index contributed by atoms with van der Waals surface area (Å²) in [6, 6.07) is 0. The molecule has 2 heteroatoms. The maximum Gasteiger partial charge on any atom is 0.105 e. The second-order valence-electron chi connectivity index (χ2n) is 2.76. The average Bonchev–Trinajstić information content (AvgIpc) is 1.62. The van der Waals surface area contributed by atoms with Crippen molar-refractivity contribution in [2.75, 3.05) is 7.05 Å². The highest BCUT2D eigenvalue weighted by molar-refractivity contribution is 6.66. The summed E-state index contributed by atoms with van der Waals surface area (Å²) in [6.45, 7) is 6.09. The number of aliphatic imine (C=N–C) groups is 1. The van der Waals surface area contributed by atoms with Gasteiger partial charge in [-0.3, -0.25) is 4.99 Å². The molecular weight excluding hydrogens is 122 g/mol. The third-order valence-electron chi connectivity index (χ3n) is 0.815. The second-order valence-corrected chi connectivity index (χ2v) is 3.12. The second kappa shape index (κ2) is 2.49. The molecule has 48 valence electrons. The smallest absolute Gasteiger partial charge is 0.105 e. The Balaban J connectivity index is 4.03. The van der Waals surface area contributed by atoms with Crippen LogP contribution in [0, 0.1) is 5.41 Å². The number of hydrogen-bond acceptors (Lipinski definition) is 1. The predicted molar refractivity (Wildman–Crippen MR) is 38.7 cm³/mol. The first-order chi connectivity index (χ1) is 3.48. The fraction of sp³-hybridized carbons (Fsp3) is 0.833. The molecule has 0 aromatic carbocycles. The van der Waals surface area contributed by atoms with Crippen molar-refractivity contribution in [1.29, 1.82) is 0 Å². The van der Waals surface area contributed by atoms with Gasteiger partial charge in [-0.05, 0) is 0 Å².